The van der Waals surface area contributed by atoms with Gasteiger partial charge >= 0.3 is 6.09 Å². The molecule has 2 atom stereocenters. The summed E-state index contributed by atoms with van der Waals surface area (Å²) in [6, 6.07) is 12.5. The van der Waals surface area contributed by atoms with Gasteiger partial charge in [0.15, 0.2) is 0 Å². The second-order valence-corrected chi connectivity index (χ2v) is 10.2. The Balaban J connectivity index is 1.60. The first-order chi connectivity index (χ1) is 13.5. The van der Waals surface area contributed by atoms with E-state index in [1.165, 1.54) is 4.90 Å². The van der Waals surface area contributed by atoms with E-state index in [-0.39, 0.29) is 23.9 Å². The molecule has 7 nitrogen and oxygen atoms in total. The number of hydrogen-bond acceptors (Lipinski definition) is 5. The van der Waals surface area contributed by atoms with Crippen molar-refractivity contribution in [2.75, 3.05) is 19.6 Å². The average Bonchev–Trinajstić information content (AvgIpc) is 2.65. The van der Waals surface area contributed by atoms with Crippen LogP contribution in [0.2, 0.25) is 0 Å². The molecule has 1 heterocycles. The van der Waals surface area contributed by atoms with Gasteiger partial charge in [0.1, 0.15) is 5.60 Å². The number of carbonyl (C=O) groups is 1. The van der Waals surface area contributed by atoms with E-state index in [0.29, 0.717) is 13.0 Å². The summed E-state index contributed by atoms with van der Waals surface area (Å²) in [4.78, 5) is 13.8. The summed E-state index contributed by atoms with van der Waals surface area (Å²) in [5.41, 5.74) is -0.603. The first kappa shape index (κ1) is 21.5. The van der Waals surface area contributed by atoms with Crippen LogP contribution in [0.3, 0.4) is 0 Å². The second kappa shape index (κ2) is 8.30. The summed E-state index contributed by atoms with van der Waals surface area (Å²) < 4.78 is 33.3. The monoisotopic (exact) mass is 420 g/mol. The summed E-state index contributed by atoms with van der Waals surface area (Å²) in [6.45, 7) is 6.01. The van der Waals surface area contributed by atoms with Crippen LogP contribution in [0.5, 0.6) is 0 Å². The fourth-order valence-electron chi connectivity index (χ4n) is 3.35. The van der Waals surface area contributed by atoms with Crippen LogP contribution in [0.4, 0.5) is 4.79 Å². The van der Waals surface area contributed by atoms with Gasteiger partial charge < -0.3 is 14.7 Å². The highest BCUT2D eigenvalue weighted by Gasteiger charge is 2.33. The first-order valence-corrected chi connectivity index (χ1v) is 11.2. The fourth-order valence-corrected chi connectivity index (χ4v) is 4.47. The molecule has 8 heteroatoms. The molecule has 0 unspecified atom stereocenters. The normalized spacial score (nSPS) is 20.6. The van der Waals surface area contributed by atoms with E-state index in [2.05, 4.69) is 4.72 Å². The number of nitrogens with zero attached hydrogens (tertiary/aromatic N) is 1. The smallest absolute Gasteiger partial charge is 0.410 e. The molecule has 1 aliphatic heterocycles. The Labute approximate surface area is 171 Å². The predicted octanol–water partition coefficient (Wildman–Crippen LogP) is 2.74. The van der Waals surface area contributed by atoms with Gasteiger partial charge in [-0.05, 0) is 50.1 Å². The summed E-state index contributed by atoms with van der Waals surface area (Å²) >= 11 is 0. The lowest BCUT2D eigenvalue weighted by Gasteiger charge is -2.36. The van der Waals surface area contributed by atoms with Crippen molar-refractivity contribution < 1.29 is 23.1 Å². The maximum Gasteiger partial charge on any atom is 0.410 e. The first-order valence-electron chi connectivity index (χ1n) is 9.70. The van der Waals surface area contributed by atoms with E-state index >= 15 is 0 Å². The van der Waals surface area contributed by atoms with Crippen molar-refractivity contribution in [3.8, 4) is 0 Å². The molecule has 1 saturated heterocycles. The lowest BCUT2D eigenvalue weighted by Crippen LogP contribution is -2.50. The number of amides is 1. The number of piperidine rings is 1. The molecule has 2 aromatic rings. The van der Waals surface area contributed by atoms with Crippen LogP contribution >= 0.6 is 0 Å². The van der Waals surface area contributed by atoms with Gasteiger partial charge in [0.2, 0.25) is 10.0 Å². The Bertz CT molecular complexity index is 984. The van der Waals surface area contributed by atoms with Crippen LogP contribution in [-0.4, -0.2) is 55.9 Å². The summed E-state index contributed by atoms with van der Waals surface area (Å²) in [7, 11) is -3.69. The molecule has 0 spiro atoms. The lowest BCUT2D eigenvalue weighted by atomic mass is 9.94. The second-order valence-electron chi connectivity index (χ2n) is 8.40. The maximum atomic E-state index is 12.7. The Hall–Kier alpha value is -2.16. The quantitative estimate of drug-likeness (QED) is 0.793. The summed E-state index contributed by atoms with van der Waals surface area (Å²) in [5, 5.41) is 12.2. The predicted molar refractivity (Wildman–Crippen MR) is 111 cm³/mol. The molecule has 0 aliphatic carbocycles. The molecule has 1 amide bonds. The molecule has 3 rings (SSSR count). The number of ether oxygens (including phenoxy) is 1. The molecule has 2 N–H and O–H groups in total. The van der Waals surface area contributed by atoms with Gasteiger partial charge in [0.05, 0.1) is 17.5 Å². The number of benzene rings is 2. The number of aliphatic hydroxyl groups excluding tert-OH is 1. The highest BCUT2D eigenvalue weighted by molar-refractivity contribution is 7.89. The number of aliphatic hydroxyl groups is 1. The van der Waals surface area contributed by atoms with E-state index in [1.54, 1.807) is 39.0 Å². The van der Waals surface area contributed by atoms with Crippen LogP contribution in [0.25, 0.3) is 10.8 Å². The largest absolute Gasteiger partial charge is 0.444 e. The van der Waals surface area contributed by atoms with Crippen molar-refractivity contribution >= 4 is 26.9 Å². The van der Waals surface area contributed by atoms with Crippen LogP contribution in [0.15, 0.2) is 47.4 Å². The maximum absolute atomic E-state index is 12.7. The molecule has 0 saturated carbocycles. The minimum absolute atomic E-state index is 0.110. The van der Waals surface area contributed by atoms with Crippen molar-refractivity contribution in [1.29, 1.82) is 0 Å². The molecular weight excluding hydrogens is 392 g/mol. The molecule has 2 aromatic carbocycles. The third-order valence-electron chi connectivity index (χ3n) is 4.94. The zero-order valence-corrected chi connectivity index (χ0v) is 17.8. The zero-order valence-electron chi connectivity index (χ0n) is 17.0. The van der Waals surface area contributed by atoms with Gasteiger partial charge in [0.25, 0.3) is 0 Å². The standard InChI is InChI=1S/C21H28N2O5S/c1-21(2,3)28-20(25)23-11-10-17(19(24)14-23)13-22-29(26,27)18-9-8-15-6-4-5-7-16(15)12-18/h4-9,12,17,19,22,24H,10-11,13-14H2,1-3H3/t17-,19-/m1/s1. The van der Waals surface area contributed by atoms with Crippen molar-refractivity contribution in [3.05, 3.63) is 42.5 Å². The Morgan fingerprint density at radius 2 is 1.90 bits per heavy atom. The average molecular weight is 421 g/mol. The van der Waals surface area contributed by atoms with Crippen LogP contribution in [0, 0.1) is 5.92 Å². The van der Waals surface area contributed by atoms with Crippen molar-refractivity contribution in [2.24, 2.45) is 5.92 Å². The molecule has 1 fully saturated rings. The van der Waals surface area contributed by atoms with Gasteiger partial charge in [-0.15, -0.1) is 0 Å². The number of hydrogen-bond donors (Lipinski definition) is 2. The van der Waals surface area contributed by atoms with Gasteiger partial charge in [-0.1, -0.05) is 30.3 Å². The van der Waals surface area contributed by atoms with E-state index in [4.69, 9.17) is 4.74 Å². The lowest BCUT2D eigenvalue weighted by molar-refractivity contribution is -0.0116. The Morgan fingerprint density at radius 3 is 2.55 bits per heavy atom. The van der Waals surface area contributed by atoms with Crippen molar-refractivity contribution in [2.45, 2.75) is 43.8 Å². The fraction of sp³-hybridized carbons (Fsp3) is 0.476. The van der Waals surface area contributed by atoms with E-state index in [0.717, 1.165) is 10.8 Å². The molecule has 1 aliphatic rings. The number of sulfonamides is 1. The highest BCUT2D eigenvalue weighted by Crippen LogP contribution is 2.22. The van der Waals surface area contributed by atoms with Gasteiger partial charge in [-0.3, -0.25) is 0 Å². The number of rotatable bonds is 4. The molecule has 0 radical (unpaired) electrons. The van der Waals surface area contributed by atoms with E-state index < -0.39 is 27.8 Å². The van der Waals surface area contributed by atoms with E-state index in [1.807, 2.05) is 24.3 Å². The third-order valence-corrected chi connectivity index (χ3v) is 6.36. The summed E-state index contributed by atoms with van der Waals surface area (Å²) in [5.74, 6) is -0.274. The molecule has 0 aromatic heterocycles. The molecular formula is C21H28N2O5S. The molecule has 158 valence electrons. The Kier molecular flexibility index (Phi) is 6.16. The Morgan fingerprint density at radius 1 is 1.21 bits per heavy atom. The number of β-amino-alcohol motifs (C(OH)–C–C–N with tert-alkyl or cyclic N) is 1. The van der Waals surface area contributed by atoms with Gasteiger partial charge in [-0.25, -0.2) is 17.9 Å². The van der Waals surface area contributed by atoms with Crippen LogP contribution in [-0.2, 0) is 14.8 Å². The number of likely N-dealkylation sites (tertiary alicyclic amines) is 1. The highest BCUT2D eigenvalue weighted by atomic mass is 32.2. The molecule has 29 heavy (non-hydrogen) atoms. The van der Waals surface area contributed by atoms with Crippen molar-refractivity contribution in [1.82, 2.24) is 9.62 Å². The minimum Gasteiger partial charge on any atom is -0.444 e. The summed E-state index contributed by atoms with van der Waals surface area (Å²) in [6.07, 6.45) is -0.803. The van der Waals surface area contributed by atoms with E-state index in [9.17, 15) is 18.3 Å². The van der Waals surface area contributed by atoms with Gasteiger partial charge in [0, 0.05) is 19.0 Å². The number of nitrogens with one attached hydrogen (secondary N) is 1. The zero-order chi connectivity index (χ0) is 21.2. The van der Waals surface area contributed by atoms with Crippen LogP contribution in [0.1, 0.15) is 27.2 Å². The molecule has 0 bridgehead atoms. The third kappa shape index (κ3) is 5.46. The number of fused-ring (bicyclic) bond motifs is 1. The SMILES string of the molecule is CC(C)(C)OC(=O)N1CC[C@H](CNS(=O)(=O)c2ccc3ccccc3c2)[C@H](O)C1. The minimum atomic E-state index is -3.69. The number of carbonyl (C=O) groups excluding carboxylic acids is 1. The van der Waals surface area contributed by atoms with Crippen LogP contribution < -0.4 is 4.72 Å². The topological polar surface area (TPSA) is 95.9 Å². The van der Waals surface area contributed by atoms with Gasteiger partial charge in [-0.2, -0.15) is 0 Å². The van der Waals surface area contributed by atoms with Crippen molar-refractivity contribution in [3.63, 3.8) is 0 Å².